The summed E-state index contributed by atoms with van der Waals surface area (Å²) in [6, 6.07) is 17.0. The molecule has 1 aliphatic rings. The third-order valence-electron chi connectivity index (χ3n) is 9.51. The fourth-order valence-corrected chi connectivity index (χ4v) is 7.00. The number of rotatable bonds is 4. The molecular weight excluding hydrogens is 528 g/mol. The highest BCUT2D eigenvalue weighted by Crippen LogP contribution is 2.51. The van der Waals surface area contributed by atoms with Crippen LogP contribution in [0.5, 0.6) is 11.5 Å². The number of hydrogen-bond donors (Lipinski definition) is 3. The number of hydrogen-bond acceptors (Lipinski definition) is 3. The van der Waals surface area contributed by atoms with Crippen molar-refractivity contribution in [3.05, 3.63) is 93.0 Å². The second-order valence-corrected chi connectivity index (χ2v) is 17.4. The minimum absolute atomic E-state index is 0.231. The zero-order valence-electron chi connectivity index (χ0n) is 28.9. The van der Waals surface area contributed by atoms with Crippen molar-refractivity contribution < 1.29 is 15.3 Å². The van der Waals surface area contributed by atoms with E-state index in [-0.39, 0.29) is 21.7 Å². The monoisotopic (exact) mass is 584 g/mol. The summed E-state index contributed by atoms with van der Waals surface area (Å²) in [5.41, 5.74) is 6.95. The highest BCUT2D eigenvalue weighted by molar-refractivity contribution is 5.52. The van der Waals surface area contributed by atoms with Crippen LogP contribution in [0.2, 0.25) is 0 Å². The molecular formula is C40H56O3. The largest absolute Gasteiger partial charge is 0.507 e. The fourth-order valence-electron chi connectivity index (χ4n) is 7.00. The lowest BCUT2D eigenvalue weighted by atomic mass is 9.62. The molecule has 0 bridgehead atoms. The lowest BCUT2D eigenvalue weighted by molar-refractivity contribution is 0.00615. The molecule has 3 nitrogen and oxygen atoms in total. The van der Waals surface area contributed by atoms with Gasteiger partial charge in [0.25, 0.3) is 0 Å². The highest BCUT2D eigenvalue weighted by Gasteiger charge is 2.43. The van der Waals surface area contributed by atoms with Crippen LogP contribution in [0.4, 0.5) is 0 Å². The third kappa shape index (κ3) is 6.68. The average Bonchev–Trinajstić information content (AvgIpc) is 2.85. The van der Waals surface area contributed by atoms with E-state index in [9.17, 15) is 15.3 Å². The Hall–Kier alpha value is -2.78. The van der Waals surface area contributed by atoms with Gasteiger partial charge in [-0.25, -0.2) is 0 Å². The molecule has 1 aliphatic carbocycles. The Bertz CT molecular complexity index is 1330. The third-order valence-corrected chi connectivity index (χ3v) is 9.51. The van der Waals surface area contributed by atoms with Gasteiger partial charge in [-0.05, 0) is 91.9 Å². The molecule has 1 atom stereocenters. The highest BCUT2D eigenvalue weighted by atomic mass is 16.3. The number of aromatic hydroxyl groups is 2. The standard InChI is InChI=1S/C40H56O3/c1-36(2,3)29-19-25(20-30(33(29)41)37(4,5)6)23-40(18-17-27-15-13-14-16-28(27)35(40)43)24-26-21-31(38(7,8)9)34(42)32(22-26)39(10,11)12/h13-16,19-22,35,41-43H,17-18,23-24H2,1-12H3. The lowest BCUT2D eigenvalue weighted by Crippen LogP contribution is -2.38. The van der Waals surface area contributed by atoms with Gasteiger partial charge in [-0.2, -0.15) is 0 Å². The maximum absolute atomic E-state index is 12.3. The van der Waals surface area contributed by atoms with E-state index in [1.54, 1.807) is 0 Å². The van der Waals surface area contributed by atoms with Gasteiger partial charge in [-0.1, -0.05) is 132 Å². The molecule has 0 aromatic heterocycles. The summed E-state index contributed by atoms with van der Waals surface area (Å²) in [7, 11) is 0. The molecule has 3 N–H and O–H groups in total. The van der Waals surface area contributed by atoms with E-state index in [0.29, 0.717) is 24.3 Å². The first-order chi connectivity index (χ1) is 19.5. The van der Waals surface area contributed by atoms with Crippen LogP contribution in [0.15, 0.2) is 48.5 Å². The number of aliphatic hydroxyl groups excluding tert-OH is 1. The molecule has 3 heteroatoms. The van der Waals surface area contributed by atoms with Crippen LogP contribution in [0, 0.1) is 5.41 Å². The Balaban J connectivity index is 1.95. The van der Waals surface area contributed by atoms with Crippen molar-refractivity contribution in [3.8, 4) is 11.5 Å². The summed E-state index contributed by atoms with van der Waals surface area (Å²) in [4.78, 5) is 0. The molecule has 0 saturated heterocycles. The maximum atomic E-state index is 12.3. The molecule has 0 heterocycles. The molecule has 3 aromatic carbocycles. The zero-order valence-corrected chi connectivity index (χ0v) is 28.9. The van der Waals surface area contributed by atoms with Gasteiger partial charge in [0.2, 0.25) is 0 Å². The van der Waals surface area contributed by atoms with E-state index in [2.05, 4.69) is 126 Å². The Kier molecular flexibility index (Phi) is 8.46. The summed E-state index contributed by atoms with van der Waals surface area (Å²) < 4.78 is 0. The number of benzene rings is 3. The number of phenols is 2. The maximum Gasteiger partial charge on any atom is 0.123 e. The second-order valence-electron chi connectivity index (χ2n) is 17.4. The van der Waals surface area contributed by atoms with Gasteiger partial charge < -0.3 is 15.3 Å². The van der Waals surface area contributed by atoms with Crippen molar-refractivity contribution in [2.75, 3.05) is 0 Å². The molecule has 0 radical (unpaired) electrons. The molecule has 3 aromatic rings. The topological polar surface area (TPSA) is 60.7 Å². The summed E-state index contributed by atoms with van der Waals surface area (Å²) in [6.07, 6.45) is 2.47. The van der Waals surface area contributed by atoms with Gasteiger partial charge in [0.05, 0.1) is 6.10 Å². The second kappa shape index (κ2) is 11.0. The van der Waals surface area contributed by atoms with E-state index in [0.717, 1.165) is 51.8 Å². The molecule has 0 saturated carbocycles. The van der Waals surface area contributed by atoms with Crippen LogP contribution in [-0.2, 0) is 40.9 Å². The van der Waals surface area contributed by atoms with Gasteiger partial charge in [-0.3, -0.25) is 0 Å². The molecule has 0 amide bonds. The minimum atomic E-state index is -0.646. The van der Waals surface area contributed by atoms with Gasteiger partial charge >= 0.3 is 0 Å². The number of aliphatic hydroxyl groups is 1. The Labute approximate surface area is 261 Å². The van der Waals surface area contributed by atoms with E-state index < -0.39 is 11.5 Å². The Morgan fingerprint density at radius 3 is 1.30 bits per heavy atom. The van der Waals surface area contributed by atoms with E-state index in [1.165, 1.54) is 5.56 Å². The predicted molar refractivity (Wildman–Crippen MR) is 181 cm³/mol. The van der Waals surface area contributed by atoms with E-state index in [4.69, 9.17) is 0 Å². The molecule has 234 valence electrons. The lowest BCUT2D eigenvalue weighted by Gasteiger charge is -2.44. The van der Waals surface area contributed by atoms with Gasteiger partial charge in [0.1, 0.15) is 11.5 Å². The fraction of sp³-hybridized carbons (Fsp3) is 0.550. The van der Waals surface area contributed by atoms with Crippen molar-refractivity contribution in [2.45, 2.75) is 137 Å². The van der Waals surface area contributed by atoms with Crippen molar-refractivity contribution in [1.29, 1.82) is 0 Å². The molecule has 0 fully saturated rings. The van der Waals surface area contributed by atoms with Crippen LogP contribution in [0.1, 0.15) is 140 Å². The van der Waals surface area contributed by atoms with Crippen molar-refractivity contribution in [1.82, 2.24) is 0 Å². The average molecular weight is 585 g/mol. The molecule has 0 aliphatic heterocycles. The van der Waals surface area contributed by atoms with Crippen LogP contribution < -0.4 is 0 Å². The number of phenolic OH excluding ortho intramolecular Hbond substituents is 2. The van der Waals surface area contributed by atoms with Gasteiger partial charge in [0, 0.05) is 5.41 Å². The van der Waals surface area contributed by atoms with E-state index >= 15 is 0 Å². The van der Waals surface area contributed by atoms with Crippen molar-refractivity contribution >= 4 is 0 Å². The Morgan fingerprint density at radius 1 is 0.605 bits per heavy atom. The van der Waals surface area contributed by atoms with Crippen LogP contribution in [0.3, 0.4) is 0 Å². The summed E-state index contributed by atoms with van der Waals surface area (Å²) in [5.74, 6) is 0.769. The van der Waals surface area contributed by atoms with Crippen molar-refractivity contribution in [2.24, 2.45) is 5.41 Å². The summed E-state index contributed by atoms with van der Waals surface area (Å²) in [5, 5.41) is 35.2. The summed E-state index contributed by atoms with van der Waals surface area (Å²) in [6.45, 7) is 25.8. The van der Waals surface area contributed by atoms with E-state index in [1.807, 2.05) is 6.07 Å². The normalized spacial score (nSPS) is 17.6. The number of aryl methyl sites for hydroxylation is 1. The quantitative estimate of drug-likeness (QED) is 0.286. The zero-order chi connectivity index (χ0) is 32.3. The number of fused-ring (bicyclic) bond motifs is 1. The smallest absolute Gasteiger partial charge is 0.123 e. The molecule has 4 rings (SSSR count). The van der Waals surface area contributed by atoms with Crippen LogP contribution in [0.25, 0.3) is 0 Å². The first kappa shape index (κ1) is 33.1. The minimum Gasteiger partial charge on any atom is -0.507 e. The Morgan fingerprint density at radius 2 is 0.953 bits per heavy atom. The first-order valence-electron chi connectivity index (χ1n) is 16.0. The van der Waals surface area contributed by atoms with Gasteiger partial charge in [0.15, 0.2) is 0 Å². The molecule has 0 spiro atoms. The molecule has 1 unspecified atom stereocenters. The molecule has 43 heavy (non-hydrogen) atoms. The SMILES string of the molecule is CC(C)(C)c1cc(CC2(Cc3cc(C(C)(C)C)c(O)c(C(C)(C)C)c3)CCc3ccccc3C2O)cc(C(C)(C)C)c1O. The first-order valence-corrected chi connectivity index (χ1v) is 16.0. The van der Waals surface area contributed by atoms with Crippen LogP contribution in [-0.4, -0.2) is 15.3 Å². The van der Waals surface area contributed by atoms with Crippen LogP contribution >= 0.6 is 0 Å². The van der Waals surface area contributed by atoms with Gasteiger partial charge in [-0.15, -0.1) is 0 Å². The summed E-state index contributed by atoms with van der Waals surface area (Å²) >= 11 is 0. The predicted octanol–water partition coefficient (Wildman–Crippen LogP) is 9.74. The van der Waals surface area contributed by atoms with Crippen molar-refractivity contribution in [3.63, 3.8) is 0 Å².